The minimum atomic E-state index is -0.468. The SMILES string of the molecule is CC1(C)COCCN1CC(O)c1ccc(CN)cc1. The van der Waals surface area contributed by atoms with E-state index in [1.54, 1.807) is 0 Å². The zero-order chi connectivity index (χ0) is 13.9. The van der Waals surface area contributed by atoms with Gasteiger partial charge in [-0.15, -0.1) is 0 Å². The Bertz CT molecular complexity index is 403. The van der Waals surface area contributed by atoms with Gasteiger partial charge in [-0.05, 0) is 25.0 Å². The van der Waals surface area contributed by atoms with Crippen LogP contribution in [0.25, 0.3) is 0 Å². The summed E-state index contributed by atoms with van der Waals surface area (Å²) in [6.07, 6.45) is -0.468. The molecular weight excluding hydrogens is 240 g/mol. The molecule has 0 aromatic heterocycles. The maximum atomic E-state index is 10.4. The van der Waals surface area contributed by atoms with Crippen molar-refractivity contribution in [3.8, 4) is 0 Å². The van der Waals surface area contributed by atoms with Crippen LogP contribution in [0.5, 0.6) is 0 Å². The van der Waals surface area contributed by atoms with Crippen LogP contribution >= 0.6 is 0 Å². The van der Waals surface area contributed by atoms with Crippen molar-refractivity contribution in [1.29, 1.82) is 0 Å². The molecule has 1 aliphatic rings. The normalized spacial score (nSPS) is 21.3. The molecule has 1 aromatic rings. The van der Waals surface area contributed by atoms with Gasteiger partial charge in [-0.3, -0.25) is 4.90 Å². The third-order valence-electron chi connectivity index (χ3n) is 3.81. The minimum absolute atomic E-state index is 0.0174. The van der Waals surface area contributed by atoms with E-state index in [9.17, 15) is 5.11 Å². The fourth-order valence-corrected chi connectivity index (χ4v) is 2.42. The lowest BCUT2D eigenvalue weighted by molar-refractivity contribution is -0.0667. The molecule has 1 heterocycles. The second-order valence-electron chi connectivity index (χ2n) is 5.77. The molecule has 0 saturated carbocycles. The highest BCUT2D eigenvalue weighted by molar-refractivity contribution is 5.24. The molecule has 1 unspecified atom stereocenters. The predicted octanol–water partition coefficient (Wildman–Crippen LogP) is 1.29. The summed E-state index contributed by atoms with van der Waals surface area (Å²) in [5, 5.41) is 10.4. The average Bonchev–Trinajstić information content (AvgIpc) is 2.41. The highest BCUT2D eigenvalue weighted by Gasteiger charge is 2.31. The average molecular weight is 264 g/mol. The first-order chi connectivity index (χ1) is 9.03. The third kappa shape index (κ3) is 3.54. The van der Waals surface area contributed by atoms with Gasteiger partial charge in [0, 0.05) is 25.2 Å². The number of β-amino-alcohol motifs (C(OH)–C–C–N with tert-alkyl or cyclic N) is 1. The fraction of sp³-hybridized carbons (Fsp3) is 0.600. The molecule has 1 atom stereocenters. The van der Waals surface area contributed by atoms with Gasteiger partial charge in [-0.1, -0.05) is 24.3 Å². The van der Waals surface area contributed by atoms with E-state index in [0.29, 0.717) is 19.7 Å². The first kappa shape index (κ1) is 14.5. The standard InChI is InChI=1S/C15H24N2O2/c1-15(2)11-19-8-7-17(15)10-14(18)13-5-3-12(9-16)4-6-13/h3-6,14,18H,7-11,16H2,1-2H3. The Morgan fingerprint density at radius 2 is 2.05 bits per heavy atom. The maximum Gasteiger partial charge on any atom is 0.0917 e. The van der Waals surface area contributed by atoms with Gasteiger partial charge in [0.1, 0.15) is 0 Å². The topological polar surface area (TPSA) is 58.7 Å². The Morgan fingerprint density at radius 1 is 1.37 bits per heavy atom. The number of aliphatic hydroxyl groups is 1. The van der Waals surface area contributed by atoms with Crippen molar-refractivity contribution in [2.45, 2.75) is 32.0 Å². The summed E-state index contributed by atoms with van der Waals surface area (Å²) in [6, 6.07) is 7.87. The lowest BCUT2D eigenvalue weighted by Gasteiger charge is -2.43. The van der Waals surface area contributed by atoms with Gasteiger partial charge in [0.15, 0.2) is 0 Å². The van der Waals surface area contributed by atoms with Crippen LogP contribution in [0, 0.1) is 0 Å². The number of ether oxygens (including phenoxy) is 1. The molecule has 1 aliphatic heterocycles. The van der Waals surface area contributed by atoms with E-state index >= 15 is 0 Å². The van der Waals surface area contributed by atoms with Crippen molar-refractivity contribution in [3.05, 3.63) is 35.4 Å². The van der Waals surface area contributed by atoms with E-state index in [0.717, 1.165) is 24.3 Å². The molecule has 1 saturated heterocycles. The Kier molecular flexibility index (Phi) is 4.58. The first-order valence-corrected chi connectivity index (χ1v) is 6.83. The van der Waals surface area contributed by atoms with E-state index in [4.69, 9.17) is 10.5 Å². The van der Waals surface area contributed by atoms with Crippen molar-refractivity contribution in [1.82, 2.24) is 4.90 Å². The van der Waals surface area contributed by atoms with Crippen molar-refractivity contribution in [2.24, 2.45) is 5.73 Å². The van der Waals surface area contributed by atoms with Gasteiger partial charge in [-0.25, -0.2) is 0 Å². The Hall–Kier alpha value is -0.940. The highest BCUT2D eigenvalue weighted by atomic mass is 16.5. The van der Waals surface area contributed by atoms with E-state index in [-0.39, 0.29) is 5.54 Å². The number of hydrogen-bond donors (Lipinski definition) is 2. The third-order valence-corrected chi connectivity index (χ3v) is 3.81. The number of hydrogen-bond acceptors (Lipinski definition) is 4. The minimum Gasteiger partial charge on any atom is -0.387 e. The van der Waals surface area contributed by atoms with Crippen LogP contribution in [0.3, 0.4) is 0 Å². The number of nitrogens with zero attached hydrogens (tertiary/aromatic N) is 1. The summed E-state index contributed by atoms with van der Waals surface area (Å²) in [6.45, 7) is 7.79. The van der Waals surface area contributed by atoms with Crippen molar-refractivity contribution >= 4 is 0 Å². The summed E-state index contributed by atoms with van der Waals surface area (Å²) in [4.78, 5) is 2.29. The van der Waals surface area contributed by atoms with E-state index in [1.165, 1.54) is 0 Å². The molecule has 0 spiro atoms. The second kappa shape index (κ2) is 6.01. The smallest absolute Gasteiger partial charge is 0.0917 e. The first-order valence-electron chi connectivity index (χ1n) is 6.83. The Labute approximate surface area is 115 Å². The van der Waals surface area contributed by atoms with Gasteiger partial charge >= 0.3 is 0 Å². The summed E-state index contributed by atoms with van der Waals surface area (Å²) in [7, 11) is 0. The van der Waals surface area contributed by atoms with Crippen LogP contribution in [0.2, 0.25) is 0 Å². The molecule has 1 fully saturated rings. The maximum absolute atomic E-state index is 10.4. The lowest BCUT2D eigenvalue weighted by Crippen LogP contribution is -2.54. The summed E-state index contributed by atoms with van der Waals surface area (Å²) < 4.78 is 5.50. The molecular formula is C15H24N2O2. The van der Waals surface area contributed by atoms with E-state index in [1.807, 2.05) is 24.3 Å². The van der Waals surface area contributed by atoms with Crippen LogP contribution in [-0.4, -0.2) is 41.8 Å². The van der Waals surface area contributed by atoms with Gasteiger partial charge in [0.05, 0.1) is 19.3 Å². The lowest BCUT2D eigenvalue weighted by atomic mass is 10.00. The van der Waals surface area contributed by atoms with Crippen LogP contribution < -0.4 is 5.73 Å². The largest absolute Gasteiger partial charge is 0.387 e. The predicted molar refractivity (Wildman–Crippen MR) is 75.8 cm³/mol. The summed E-state index contributed by atoms with van der Waals surface area (Å²) in [5.41, 5.74) is 7.59. The van der Waals surface area contributed by atoms with Crippen LogP contribution in [0.15, 0.2) is 24.3 Å². The molecule has 19 heavy (non-hydrogen) atoms. The highest BCUT2D eigenvalue weighted by Crippen LogP contribution is 2.23. The van der Waals surface area contributed by atoms with Crippen molar-refractivity contribution in [2.75, 3.05) is 26.3 Å². The molecule has 1 aromatic carbocycles. The van der Waals surface area contributed by atoms with Gasteiger partial charge in [0.2, 0.25) is 0 Å². The number of benzene rings is 1. The quantitative estimate of drug-likeness (QED) is 0.860. The molecule has 0 bridgehead atoms. The molecule has 3 N–H and O–H groups in total. The summed E-state index contributed by atoms with van der Waals surface area (Å²) in [5.74, 6) is 0. The fourth-order valence-electron chi connectivity index (χ4n) is 2.42. The second-order valence-corrected chi connectivity index (χ2v) is 5.77. The van der Waals surface area contributed by atoms with Gasteiger partial charge in [-0.2, -0.15) is 0 Å². The molecule has 4 nitrogen and oxygen atoms in total. The monoisotopic (exact) mass is 264 g/mol. The Morgan fingerprint density at radius 3 is 2.63 bits per heavy atom. The molecule has 2 rings (SSSR count). The zero-order valence-corrected chi connectivity index (χ0v) is 11.8. The van der Waals surface area contributed by atoms with Crippen molar-refractivity contribution in [3.63, 3.8) is 0 Å². The molecule has 0 radical (unpaired) electrons. The Balaban J connectivity index is 2.01. The molecule has 0 amide bonds. The summed E-state index contributed by atoms with van der Waals surface area (Å²) >= 11 is 0. The van der Waals surface area contributed by atoms with Crippen LogP contribution in [0.4, 0.5) is 0 Å². The zero-order valence-electron chi connectivity index (χ0n) is 11.8. The van der Waals surface area contributed by atoms with Crippen LogP contribution in [-0.2, 0) is 11.3 Å². The van der Waals surface area contributed by atoms with Gasteiger partial charge in [0.25, 0.3) is 0 Å². The van der Waals surface area contributed by atoms with Crippen molar-refractivity contribution < 1.29 is 9.84 Å². The number of aliphatic hydroxyl groups excluding tert-OH is 1. The number of morpholine rings is 1. The van der Waals surface area contributed by atoms with Crippen LogP contribution in [0.1, 0.15) is 31.1 Å². The molecule has 106 valence electrons. The molecule has 4 heteroatoms. The number of nitrogens with two attached hydrogens (primary N) is 1. The van der Waals surface area contributed by atoms with Gasteiger partial charge < -0.3 is 15.6 Å². The number of rotatable bonds is 4. The molecule has 0 aliphatic carbocycles. The van der Waals surface area contributed by atoms with E-state index < -0.39 is 6.10 Å². The van der Waals surface area contributed by atoms with E-state index in [2.05, 4.69) is 18.7 Å².